The third-order valence-electron chi connectivity index (χ3n) is 4.82. The molecule has 156 valence electrons. The summed E-state index contributed by atoms with van der Waals surface area (Å²) in [5, 5.41) is 5.41. The number of morpholine rings is 1. The molecule has 2 unspecified atom stereocenters. The Kier molecular flexibility index (Phi) is 5.96. The summed E-state index contributed by atoms with van der Waals surface area (Å²) in [5.41, 5.74) is 1.96. The normalized spacial score (nSPS) is 18.8. The molecule has 1 fully saturated rings. The second-order valence-electron chi connectivity index (χ2n) is 7.29. The van der Waals surface area contributed by atoms with Crippen molar-refractivity contribution in [3.63, 3.8) is 0 Å². The smallest absolute Gasteiger partial charge is 0.275 e. The molecule has 0 bridgehead atoms. The van der Waals surface area contributed by atoms with Gasteiger partial charge < -0.3 is 19.7 Å². The minimum atomic E-state index is -0.255. The molecule has 3 heterocycles. The summed E-state index contributed by atoms with van der Waals surface area (Å²) in [7, 11) is 1.63. The van der Waals surface area contributed by atoms with Crippen molar-refractivity contribution in [1.29, 1.82) is 0 Å². The first-order valence-corrected chi connectivity index (χ1v) is 10.7. The molecule has 7 nitrogen and oxygen atoms in total. The summed E-state index contributed by atoms with van der Waals surface area (Å²) in [6.45, 7) is 5.72. The number of benzene rings is 1. The van der Waals surface area contributed by atoms with Gasteiger partial charge >= 0.3 is 0 Å². The number of ether oxygens (including phenoxy) is 2. The average molecular weight is 425 g/mol. The summed E-state index contributed by atoms with van der Waals surface area (Å²) in [5.74, 6) is 1.41. The Morgan fingerprint density at radius 3 is 2.53 bits per heavy atom. The number of aromatic nitrogens is 2. The number of pyridine rings is 1. The van der Waals surface area contributed by atoms with E-state index in [-0.39, 0.29) is 18.1 Å². The van der Waals surface area contributed by atoms with Gasteiger partial charge in [-0.05, 0) is 50.2 Å². The van der Waals surface area contributed by atoms with Crippen molar-refractivity contribution < 1.29 is 14.3 Å². The Bertz CT molecular complexity index is 994. The van der Waals surface area contributed by atoms with Gasteiger partial charge in [0.1, 0.15) is 22.3 Å². The molecular weight excluding hydrogens is 400 g/mol. The standard InChI is InChI=1S/C22H24N4O3S/c1-14-11-26(12-15(2)29-14)20-9-6-17(10-23-20)24-21(27)19-13-30-22(25-19)16-4-7-18(28-3)8-5-16/h4-10,13-15H,11-12H2,1-3H3,(H,24,27). The Labute approximate surface area is 179 Å². The Morgan fingerprint density at radius 1 is 1.17 bits per heavy atom. The van der Waals surface area contributed by atoms with E-state index in [1.807, 2.05) is 36.4 Å². The second kappa shape index (κ2) is 8.81. The van der Waals surface area contributed by atoms with Crippen molar-refractivity contribution >= 4 is 28.7 Å². The molecule has 0 aliphatic carbocycles. The fourth-order valence-electron chi connectivity index (χ4n) is 3.45. The van der Waals surface area contributed by atoms with Gasteiger partial charge in [-0.15, -0.1) is 11.3 Å². The molecule has 1 N–H and O–H groups in total. The molecule has 1 saturated heterocycles. The lowest BCUT2D eigenvalue weighted by Gasteiger charge is -2.36. The van der Waals surface area contributed by atoms with Crippen molar-refractivity contribution in [2.45, 2.75) is 26.1 Å². The first kappa shape index (κ1) is 20.3. The topological polar surface area (TPSA) is 76.6 Å². The van der Waals surface area contributed by atoms with Crippen LogP contribution in [0.1, 0.15) is 24.3 Å². The average Bonchev–Trinajstić information content (AvgIpc) is 3.24. The number of anilines is 2. The summed E-state index contributed by atoms with van der Waals surface area (Å²) < 4.78 is 10.9. The molecule has 2 atom stereocenters. The minimum Gasteiger partial charge on any atom is -0.497 e. The highest BCUT2D eigenvalue weighted by Gasteiger charge is 2.23. The van der Waals surface area contributed by atoms with E-state index in [4.69, 9.17) is 9.47 Å². The zero-order valence-electron chi connectivity index (χ0n) is 17.2. The lowest BCUT2D eigenvalue weighted by atomic mass is 10.2. The number of methoxy groups -OCH3 is 1. The van der Waals surface area contributed by atoms with Gasteiger partial charge in [0.05, 0.1) is 31.2 Å². The number of carbonyl (C=O) groups excluding carboxylic acids is 1. The van der Waals surface area contributed by atoms with Gasteiger partial charge in [-0.25, -0.2) is 9.97 Å². The number of hydrogen-bond acceptors (Lipinski definition) is 7. The van der Waals surface area contributed by atoms with E-state index in [1.54, 1.807) is 18.7 Å². The van der Waals surface area contributed by atoms with E-state index in [9.17, 15) is 4.79 Å². The predicted octanol–water partition coefficient (Wildman–Crippen LogP) is 4.08. The maximum Gasteiger partial charge on any atom is 0.275 e. The highest BCUT2D eigenvalue weighted by atomic mass is 32.1. The van der Waals surface area contributed by atoms with Gasteiger partial charge in [0.25, 0.3) is 5.91 Å². The Hall–Kier alpha value is -2.97. The molecular formula is C22H24N4O3S. The van der Waals surface area contributed by atoms with Gasteiger partial charge in [0.2, 0.25) is 0 Å². The summed E-state index contributed by atoms with van der Waals surface area (Å²) in [4.78, 5) is 23.8. The van der Waals surface area contributed by atoms with E-state index in [0.717, 1.165) is 35.2 Å². The molecule has 4 rings (SSSR count). The number of nitrogens with one attached hydrogen (secondary N) is 1. The summed E-state index contributed by atoms with van der Waals surface area (Å²) in [6.07, 6.45) is 2.01. The summed E-state index contributed by atoms with van der Waals surface area (Å²) >= 11 is 1.43. The molecule has 1 aliphatic rings. The lowest BCUT2D eigenvalue weighted by molar-refractivity contribution is -0.00545. The van der Waals surface area contributed by atoms with Crippen LogP contribution < -0.4 is 15.0 Å². The van der Waals surface area contributed by atoms with Gasteiger partial charge in [-0.3, -0.25) is 4.79 Å². The van der Waals surface area contributed by atoms with Crippen LogP contribution in [0.25, 0.3) is 10.6 Å². The van der Waals surface area contributed by atoms with Crippen LogP contribution >= 0.6 is 11.3 Å². The first-order valence-electron chi connectivity index (χ1n) is 9.79. The van der Waals surface area contributed by atoms with Crippen molar-refractivity contribution in [1.82, 2.24) is 9.97 Å². The van der Waals surface area contributed by atoms with Crippen LogP contribution in [0.2, 0.25) is 0 Å². The van der Waals surface area contributed by atoms with E-state index in [0.29, 0.717) is 11.4 Å². The van der Waals surface area contributed by atoms with Gasteiger partial charge in [0.15, 0.2) is 0 Å². The molecule has 1 aliphatic heterocycles. The molecule has 1 aromatic carbocycles. The first-order chi connectivity index (χ1) is 14.5. The summed E-state index contributed by atoms with van der Waals surface area (Å²) in [6, 6.07) is 11.4. The molecule has 0 spiro atoms. The van der Waals surface area contributed by atoms with E-state index in [1.165, 1.54) is 11.3 Å². The van der Waals surface area contributed by atoms with Gasteiger partial charge in [0, 0.05) is 24.0 Å². The molecule has 8 heteroatoms. The van der Waals surface area contributed by atoms with Crippen LogP contribution in [-0.4, -0.2) is 48.3 Å². The highest BCUT2D eigenvalue weighted by Crippen LogP contribution is 2.26. The van der Waals surface area contributed by atoms with E-state index < -0.39 is 0 Å². The van der Waals surface area contributed by atoms with Crippen molar-refractivity contribution in [2.24, 2.45) is 0 Å². The van der Waals surface area contributed by atoms with Crippen molar-refractivity contribution in [2.75, 3.05) is 30.4 Å². The number of amides is 1. The molecule has 0 radical (unpaired) electrons. The number of rotatable bonds is 5. The monoisotopic (exact) mass is 424 g/mol. The number of carbonyl (C=O) groups is 1. The van der Waals surface area contributed by atoms with E-state index >= 15 is 0 Å². The second-order valence-corrected chi connectivity index (χ2v) is 8.15. The van der Waals surface area contributed by atoms with Gasteiger partial charge in [-0.1, -0.05) is 0 Å². The molecule has 0 saturated carbocycles. The minimum absolute atomic E-state index is 0.166. The maximum atomic E-state index is 12.6. The molecule has 30 heavy (non-hydrogen) atoms. The van der Waals surface area contributed by atoms with Crippen LogP contribution in [-0.2, 0) is 4.74 Å². The van der Waals surface area contributed by atoms with Crippen LogP contribution in [0.4, 0.5) is 11.5 Å². The third-order valence-corrected chi connectivity index (χ3v) is 5.71. The fraction of sp³-hybridized carbons (Fsp3) is 0.318. The quantitative estimate of drug-likeness (QED) is 0.665. The third kappa shape index (κ3) is 4.60. The van der Waals surface area contributed by atoms with Crippen molar-refractivity contribution in [3.8, 4) is 16.3 Å². The zero-order valence-corrected chi connectivity index (χ0v) is 18.0. The Balaban J connectivity index is 1.41. The number of hydrogen-bond donors (Lipinski definition) is 1. The largest absolute Gasteiger partial charge is 0.497 e. The van der Waals surface area contributed by atoms with Crippen LogP contribution in [0.5, 0.6) is 5.75 Å². The van der Waals surface area contributed by atoms with E-state index in [2.05, 4.69) is 34.0 Å². The lowest BCUT2D eigenvalue weighted by Crippen LogP contribution is -2.45. The Morgan fingerprint density at radius 2 is 1.90 bits per heavy atom. The fourth-order valence-corrected chi connectivity index (χ4v) is 4.26. The van der Waals surface area contributed by atoms with Crippen molar-refractivity contribution in [3.05, 3.63) is 53.7 Å². The zero-order chi connectivity index (χ0) is 21.1. The number of thiazole rings is 1. The van der Waals surface area contributed by atoms with Crippen LogP contribution in [0, 0.1) is 0 Å². The van der Waals surface area contributed by atoms with Crippen LogP contribution in [0.3, 0.4) is 0 Å². The SMILES string of the molecule is COc1ccc(-c2nc(C(=O)Nc3ccc(N4CC(C)OC(C)C4)nc3)cs2)cc1. The molecule has 1 amide bonds. The number of nitrogens with zero attached hydrogens (tertiary/aromatic N) is 3. The highest BCUT2D eigenvalue weighted by molar-refractivity contribution is 7.13. The molecule has 2 aromatic heterocycles. The maximum absolute atomic E-state index is 12.6. The molecule has 3 aromatic rings. The van der Waals surface area contributed by atoms with Gasteiger partial charge in [-0.2, -0.15) is 0 Å². The predicted molar refractivity (Wildman–Crippen MR) is 119 cm³/mol. The van der Waals surface area contributed by atoms with Crippen LogP contribution in [0.15, 0.2) is 48.0 Å².